The van der Waals surface area contributed by atoms with E-state index in [1.165, 1.54) is 11.8 Å². The molecule has 35 heavy (non-hydrogen) atoms. The molecule has 1 aliphatic rings. The third-order valence-electron chi connectivity index (χ3n) is 5.52. The minimum Gasteiger partial charge on any atom is -0.350 e. The number of aromatic nitrogens is 4. The van der Waals surface area contributed by atoms with Crippen molar-refractivity contribution in [3.05, 3.63) is 54.9 Å². The van der Waals surface area contributed by atoms with Gasteiger partial charge in [-0.3, -0.25) is 24.0 Å². The first-order valence-corrected chi connectivity index (χ1v) is 12.6. The molecule has 1 N–H and O–H groups in total. The van der Waals surface area contributed by atoms with Crippen molar-refractivity contribution < 1.29 is 9.59 Å². The summed E-state index contributed by atoms with van der Waals surface area (Å²) in [7, 11) is 0. The second-order valence-electron chi connectivity index (χ2n) is 9.46. The molecular weight excluding hydrogens is 462 g/mol. The van der Waals surface area contributed by atoms with E-state index in [2.05, 4.69) is 25.4 Å². The number of carbonyl (C=O) groups excluding carboxylic acids is 2. The van der Waals surface area contributed by atoms with E-state index in [0.29, 0.717) is 43.7 Å². The fourth-order valence-electron chi connectivity index (χ4n) is 3.90. The molecule has 3 heterocycles. The van der Waals surface area contributed by atoms with Gasteiger partial charge in [-0.25, -0.2) is 0 Å². The van der Waals surface area contributed by atoms with Crippen LogP contribution in [0.3, 0.4) is 0 Å². The molecule has 9 nitrogen and oxygen atoms in total. The Labute approximate surface area is 209 Å². The van der Waals surface area contributed by atoms with Gasteiger partial charge in [-0.2, -0.15) is 0 Å². The molecule has 0 aliphatic carbocycles. The first-order chi connectivity index (χ1) is 16.8. The van der Waals surface area contributed by atoms with Crippen LogP contribution in [-0.2, 0) is 9.59 Å². The van der Waals surface area contributed by atoms with E-state index in [1.807, 2.05) is 72.7 Å². The minimum absolute atomic E-state index is 0.0121. The van der Waals surface area contributed by atoms with Crippen LogP contribution < -0.4 is 5.32 Å². The summed E-state index contributed by atoms with van der Waals surface area (Å²) in [6.07, 6.45) is 3.45. The van der Waals surface area contributed by atoms with E-state index in [1.54, 1.807) is 12.4 Å². The van der Waals surface area contributed by atoms with Crippen LogP contribution in [0.4, 0.5) is 0 Å². The van der Waals surface area contributed by atoms with Crippen LogP contribution in [0.1, 0.15) is 20.8 Å². The highest BCUT2D eigenvalue weighted by atomic mass is 32.2. The Morgan fingerprint density at radius 1 is 0.971 bits per heavy atom. The number of hydrogen-bond acceptors (Lipinski definition) is 7. The maximum Gasteiger partial charge on any atom is 0.234 e. The number of piperazine rings is 1. The summed E-state index contributed by atoms with van der Waals surface area (Å²) in [5.41, 5.74) is 1.59. The largest absolute Gasteiger partial charge is 0.350 e. The van der Waals surface area contributed by atoms with Crippen molar-refractivity contribution in [1.29, 1.82) is 0 Å². The molecule has 184 valence electrons. The van der Waals surface area contributed by atoms with Crippen LogP contribution in [0.2, 0.25) is 0 Å². The predicted molar refractivity (Wildman–Crippen MR) is 136 cm³/mol. The Morgan fingerprint density at radius 3 is 2.31 bits per heavy atom. The molecule has 1 aromatic carbocycles. The highest BCUT2D eigenvalue weighted by Gasteiger charge is 2.25. The van der Waals surface area contributed by atoms with Gasteiger partial charge in [-0.1, -0.05) is 30.0 Å². The average Bonchev–Trinajstić information content (AvgIpc) is 3.27. The van der Waals surface area contributed by atoms with Crippen molar-refractivity contribution in [1.82, 2.24) is 34.9 Å². The number of pyridine rings is 1. The molecule has 0 atom stereocenters. The zero-order valence-corrected chi connectivity index (χ0v) is 21.2. The van der Waals surface area contributed by atoms with E-state index >= 15 is 0 Å². The third-order valence-corrected chi connectivity index (χ3v) is 6.43. The number of rotatable bonds is 7. The van der Waals surface area contributed by atoms with E-state index in [0.717, 1.165) is 11.3 Å². The number of nitrogens with zero attached hydrogens (tertiary/aromatic N) is 6. The lowest BCUT2D eigenvalue weighted by Gasteiger charge is -2.34. The number of para-hydroxylation sites is 1. The summed E-state index contributed by atoms with van der Waals surface area (Å²) in [5, 5.41) is 12.5. The number of benzene rings is 1. The highest BCUT2D eigenvalue weighted by Crippen LogP contribution is 2.27. The summed E-state index contributed by atoms with van der Waals surface area (Å²) in [4.78, 5) is 33.2. The second-order valence-corrected chi connectivity index (χ2v) is 10.4. The van der Waals surface area contributed by atoms with Gasteiger partial charge in [0.2, 0.25) is 11.8 Å². The topological polar surface area (TPSA) is 96.2 Å². The second kappa shape index (κ2) is 11.0. The van der Waals surface area contributed by atoms with Crippen LogP contribution in [-0.4, -0.2) is 85.4 Å². The molecule has 0 saturated carbocycles. The van der Waals surface area contributed by atoms with E-state index < -0.39 is 0 Å². The smallest absolute Gasteiger partial charge is 0.234 e. The van der Waals surface area contributed by atoms with Crippen molar-refractivity contribution in [2.45, 2.75) is 31.5 Å². The number of amides is 2. The van der Waals surface area contributed by atoms with Gasteiger partial charge in [0, 0.05) is 55.4 Å². The fraction of sp³-hybridized carbons (Fsp3) is 0.400. The molecule has 0 spiro atoms. The Balaban J connectivity index is 1.37. The highest BCUT2D eigenvalue weighted by molar-refractivity contribution is 7.99. The Kier molecular flexibility index (Phi) is 7.82. The molecule has 0 bridgehead atoms. The van der Waals surface area contributed by atoms with Gasteiger partial charge in [0.15, 0.2) is 11.0 Å². The van der Waals surface area contributed by atoms with Crippen molar-refractivity contribution in [2.75, 3.05) is 38.5 Å². The van der Waals surface area contributed by atoms with Gasteiger partial charge in [-0.15, -0.1) is 10.2 Å². The zero-order chi connectivity index (χ0) is 24.8. The molecule has 1 fully saturated rings. The summed E-state index contributed by atoms with van der Waals surface area (Å²) in [6.45, 7) is 8.84. The fourth-order valence-corrected chi connectivity index (χ4v) is 4.75. The monoisotopic (exact) mass is 493 g/mol. The van der Waals surface area contributed by atoms with Crippen molar-refractivity contribution in [3.8, 4) is 17.1 Å². The molecule has 0 radical (unpaired) electrons. The molecule has 2 amide bonds. The van der Waals surface area contributed by atoms with Gasteiger partial charge in [-0.05, 0) is 45.0 Å². The first-order valence-electron chi connectivity index (χ1n) is 11.7. The summed E-state index contributed by atoms with van der Waals surface area (Å²) < 4.78 is 1.97. The number of thioether (sulfide) groups is 1. The number of hydrogen-bond donors (Lipinski definition) is 1. The van der Waals surface area contributed by atoms with Gasteiger partial charge in [0.25, 0.3) is 0 Å². The molecule has 1 aliphatic heterocycles. The first kappa shape index (κ1) is 24.9. The van der Waals surface area contributed by atoms with Crippen molar-refractivity contribution >= 4 is 23.6 Å². The molecule has 10 heteroatoms. The van der Waals surface area contributed by atoms with Crippen LogP contribution in [0.15, 0.2) is 60.0 Å². The lowest BCUT2D eigenvalue weighted by molar-refractivity contribution is -0.130. The maximum absolute atomic E-state index is 13.0. The minimum atomic E-state index is -0.246. The van der Waals surface area contributed by atoms with Crippen LogP contribution in [0, 0.1) is 0 Å². The SMILES string of the molecule is CC(C)(C)NC(=O)CN1CCN(C(=O)CSc2nnc(-c3ccncc3)n2-c2ccccc2)CC1. The molecule has 3 aromatic rings. The quantitative estimate of drug-likeness (QED) is 0.505. The molecule has 0 unspecified atom stereocenters. The number of nitrogens with one attached hydrogen (secondary N) is 1. The lowest BCUT2D eigenvalue weighted by Crippen LogP contribution is -2.53. The van der Waals surface area contributed by atoms with Crippen LogP contribution in [0.5, 0.6) is 0 Å². The molecule has 1 saturated heterocycles. The third kappa shape index (κ3) is 6.67. The Hall–Kier alpha value is -3.24. The number of carbonyl (C=O) groups is 2. The molecular formula is C25H31N7O2S. The Bertz CT molecular complexity index is 1140. The Morgan fingerprint density at radius 2 is 1.66 bits per heavy atom. The summed E-state index contributed by atoms with van der Waals surface area (Å²) >= 11 is 1.38. The van der Waals surface area contributed by atoms with E-state index in [-0.39, 0.29) is 23.1 Å². The van der Waals surface area contributed by atoms with Gasteiger partial charge in [0.05, 0.1) is 12.3 Å². The summed E-state index contributed by atoms with van der Waals surface area (Å²) in [5.74, 6) is 1.04. The summed E-state index contributed by atoms with van der Waals surface area (Å²) in [6, 6.07) is 13.7. The van der Waals surface area contributed by atoms with Crippen molar-refractivity contribution in [2.24, 2.45) is 0 Å². The molecule has 2 aromatic heterocycles. The molecule has 4 rings (SSSR count). The standard InChI is InChI=1S/C25H31N7O2S/c1-25(2,3)27-21(33)17-30-13-15-31(16-14-30)22(34)18-35-24-29-28-23(19-9-11-26-12-10-19)32(24)20-7-5-4-6-8-20/h4-12H,13-18H2,1-3H3,(H,27,33). The normalized spacial score (nSPS) is 14.7. The van der Waals surface area contributed by atoms with Gasteiger partial charge >= 0.3 is 0 Å². The lowest BCUT2D eigenvalue weighted by atomic mass is 10.1. The van der Waals surface area contributed by atoms with Crippen molar-refractivity contribution in [3.63, 3.8) is 0 Å². The van der Waals surface area contributed by atoms with Gasteiger partial charge in [0.1, 0.15) is 0 Å². The van der Waals surface area contributed by atoms with Crippen LogP contribution >= 0.6 is 11.8 Å². The zero-order valence-electron chi connectivity index (χ0n) is 20.3. The maximum atomic E-state index is 13.0. The van der Waals surface area contributed by atoms with Gasteiger partial charge < -0.3 is 10.2 Å². The predicted octanol–water partition coefficient (Wildman–Crippen LogP) is 2.48. The van der Waals surface area contributed by atoms with E-state index in [4.69, 9.17) is 0 Å². The van der Waals surface area contributed by atoms with E-state index in [9.17, 15) is 9.59 Å². The average molecular weight is 494 g/mol. The van der Waals surface area contributed by atoms with Crippen LogP contribution in [0.25, 0.3) is 17.1 Å².